The largest absolute Gasteiger partial charge is 0.372 e. The van der Waals surface area contributed by atoms with Crippen LogP contribution in [0.3, 0.4) is 0 Å². The summed E-state index contributed by atoms with van der Waals surface area (Å²) in [4.78, 5) is 26.7. The Morgan fingerprint density at radius 1 is 1.25 bits per heavy atom. The Morgan fingerprint density at radius 3 is 2.69 bits per heavy atom. The monoisotopic (exact) mass is 481 g/mol. The highest BCUT2D eigenvalue weighted by Gasteiger charge is 2.51. The van der Waals surface area contributed by atoms with E-state index in [2.05, 4.69) is 10.0 Å². The zero-order chi connectivity index (χ0) is 23.1. The first-order valence-electron chi connectivity index (χ1n) is 9.98. The van der Waals surface area contributed by atoms with Crippen LogP contribution >= 0.6 is 11.6 Å². The van der Waals surface area contributed by atoms with Crippen molar-refractivity contribution in [1.82, 2.24) is 5.32 Å². The van der Waals surface area contributed by atoms with E-state index in [-0.39, 0.29) is 24.5 Å². The number of aliphatic hydroxyl groups is 1. The molecule has 1 aliphatic heterocycles. The first-order valence-corrected chi connectivity index (χ1v) is 11.9. The first-order chi connectivity index (χ1) is 15.1. The van der Waals surface area contributed by atoms with Crippen LogP contribution in [0.15, 0.2) is 42.5 Å². The molecule has 1 saturated carbocycles. The van der Waals surface area contributed by atoms with Crippen molar-refractivity contribution >= 4 is 44.8 Å². The number of halogens is 2. The van der Waals surface area contributed by atoms with Gasteiger partial charge >= 0.3 is 0 Å². The number of carbonyl (C=O) groups excluding carboxylic acids is 2. The maximum atomic E-state index is 13.5. The summed E-state index contributed by atoms with van der Waals surface area (Å²) in [5, 5.41) is 13.0. The van der Waals surface area contributed by atoms with Crippen LogP contribution in [0.2, 0.25) is 5.02 Å². The normalized spacial score (nSPS) is 21.0. The number of nitrogens with zero attached hydrogens (tertiary/aromatic N) is 1. The summed E-state index contributed by atoms with van der Waals surface area (Å²) in [7, 11) is -3.47. The van der Waals surface area contributed by atoms with E-state index in [1.807, 2.05) is 0 Å². The lowest BCUT2D eigenvalue weighted by atomic mass is 10.0. The second kappa shape index (κ2) is 8.34. The topological polar surface area (TPSA) is 116 Å². The summed E-state index contributed by atoms with van der Waals surface area (Å²) >= 11 is 5.80. The molecule has 0 unspecified atom stereocenters. The second-order valence-electron chi connectivity index (χ2n) is 7.92. The predicted octanol–water partition coefficient (Wildman–Crippen LogP) is 2.17. The number of hydrogen-bond acceptors (Lipinski definition) is 5. The smallest absolute Gasteiger partial charge is 0.268 e. The third kappa shape index (κ3) is 4.57. The molecule has 1 heterocycles. The number of hydrogen-bond donors (Lipinski definition) is 3. The standard InChI is InChI=1S/C21H21ClFN3O5S/c22-14-8-13(9-15(23)10-14)12-24-19(27)21(29)6-7-26(20(21)28)17-3-1-2-16(11-17)25-32(30,31)18-4-5-18/h1-3,8-11,18,25,29H,4-7,12H2,(H,24,27)/t21-/m0/s1. The molecule has 3 N–H and O–H groups in total. The lowest BCUT2D eigenvalue weighted by molar-refractivity contribution is -0.149. The van der Waals surface area contributed by atoms with Gasteiger partial charge in [-0.3, -0.25) is 14.3 Å². The molecule has 0 aromatic heterocycles. The first kappa shape index (κ1) is 22.5. The number of carbonyl (C=O) groups is 2. The number of sulfonamides is 1. The molecule has 2 aromatic rings. The van der Waals surface area contributed by atoms with Gasteiger partial charge in [0.15, 0.2) is 0 Å². The number of benzene rings is 2. The molecular weight excluding hydrogens is 461 g/mol. The molecule has 1 aliphatic carbocycles. The van der Waals surface area contributed by atoms with E-state index in [1.165, 1.54) is 23.1 Å². The fourth-order valence-corrected chi connectivity index (χ4v) is 5.19. The fraction of sp³-hybridized carbons (Fsp3) is 0.333. The summed E-state index contributed by atoms with van der Waals surface area (Å²) in [5.74, 6) is -2.30. The molecule has 2 aromatic carbocycles. The highest BCUT2D eigenvalue weighted by atomic mass is 35.5. The Hall–Kier alpha value is -2.69. The van der Waals surface area contributed by atoms with Crippen molar-refractivity contribution in [2.75, 3.05) is 16.2 Å². The predicted molar refractivity (Wildman–Crippen MR) is 117 cm³/mol. The van der Waals surface area contributed by atoms with Crippen molar-refractivity contribution in [2.45, 2.75) is 36.7 Å². The molecule has 0 spiro atoms. The maximum Gasteiger partial charge on any atom is 0.268 e. The van der Waals surface area contributed by atoms with E-state index in [9.17, 15) is 27.5 Å². The van der Waals surface area contributed by atoms with Crippen LogP contribution in [0.1, 0.15) is 24.8 Å². The van der Waals surface area contributed by atoms with Crippen molar-refractivity contribution in [3.63, 3.8) is 0 Å². The summed E-state index contributed by atoms with van der Waals surface area (Å²) in [5.41, 5.74) is -1.26. The Kier molecular flexibility index (Phi) is 5.87. The van der Waals surface area contributed by atoms with Crippen LogP contribution in [0.4, 0.5) is 15.8 Å². The van der Waals surface area contributed by atoms with Crippen molar-refractivity contribution in [1.29, 1.82) is 0 Å². The van der Waals surface area contributed by atoms with Gasteiger partial charge in [-0.25, -0.2) is 12.8 Å². The zero-order valence-corrected chi connectivity index (χ0v) is 18.4. The minimum atomic E-state index is -3.47. The molecule has 2 fully saturated rings. The summed E-state index contributed by atoms with van der Waals surface area (Å²) < 4.78 is 40.3. The van der Waals surface area contributed by atoms with Crippen LogP contribution in [-0.2, 0) is 26.2 Å². The van der Waals surface area contributed by atoms with Gasteiger partial charge in [0.2, 0.25) is 15.6 Å². The Bertz CT molecular complexity index is 1170. The minimum absolute atomic E-state index is 0.0629. The molecule has 170 valence electrons. The summed E-state index contributed by atoms with van der Waals surface area (Å²) in [6.45, 7) is -0.0578. The van der Waals surface area contributed by atoms with E-state index in [4.69, 9.17) is 11.6 Å². The number of nitrogens with one attached hydrogen (secondary N) is 2. The highest BCUT2D eigenvalue weighted by molar-refractivity contribution is 7.93. The van der Waals surface area contributed by atoms with Crippen molar-refractivity contribution in [2.24, 2.45) is 0 Å². The average Bonchev–Trinajstić information content (AvgIpc) is 3.53. The third-order valence-corrected chi connectivity index (χ3v) is 7.52. The van der Waals surface area contributed by atoms with Gasteiger partial charge in [-0.05, 0) is 54.8 Å². The molecule has 11 heteroatoms. The SMILES string of the molecule is O=C(NCc1cc(F)cc(Cl)c1)[C@@]1(O)CCN(c2cccc(NS(=O)(=O)C3CC3)c2)C1=O. The number of anilines is 2. The van der Waals surface area contributed by atoms with Gasteiger partial charge < -0.3 is 15.3 Å². The van der Waals surface area contributed by atoms with Crippen LogP contribution in [0.5, 0.6) is 0 Å². The molecule has 1 saturated heterocycles. The summed E-state index contributed by atoms with van der Waals surface area (Å²) in [6, 6.07) is 9.99. The average molecular weight is 482 g/mol. The van der Waals surface area contributed by atoms with Gasteiger partial charge in [-0.1, -0.05) is 17.7 Å². The molecule has 1 atom stereocenters. The van der Waals surface area contributed by atoms with Crippen LogP contribution in [0, 0.1) is 5.82 Å². The lowest BCUT2D eigenvalue weighted by Gasteiger charge is -2.22. The Morgan fingerprint density at radius 2 is 2.00 bits per heavy atom. The zero-order valence-electron chi connectivity index (χ0n) is 16.8. The molecule has 32 heavy (non-hydrogen) atoms. The molecule has 0 radical (unpaired) electrons. The molecule has 0 bridgehead atoms. The van der Waals surface area contributed by atoms with E-state index < -0.39 is 38.5 Å². The van der Waals surface area contributed by atoms with E-state index in [0.29, 0.717) is 29.8 Å². The summed E-state index contributed by atoms with van der Waals surface area (Å²) in [6.07, 6.45) is 1.08. The van der Waals surface area contributed by atoms with E-state index in [0.717, 1.165) is 6.07 Å². The third-order valence-electron chi connectivity index (χ3n) is 5.43. The van der Waals surface area contributed by atoms with Gasteiger partial charge in [-0.15, -0.1) is 0 Å². The lowest BCUT2D eigenvalue weighted by Crippen LogP contribution is -2.52. The van der Waals surface area contributed by atoms with Crippen molar-refractivity contribution in [3.8, 4) is 0 Å². The van der Waals surface area contributed by atoms with Crippen molar-refractivity contribution < 1.29 is 27.5 Å². The van der Waals surface area contributed by atoms with Gasteiger partial charge in [0.05, 0.1) is 10.9 Å². The quantitative estimate of drug-likeness (QED) is 0.524. The molecular formula is C21H21ClFN3O5S. The molecule has 2 aliphatic rings. The number of rotatable bonds is 7. The van der Waals surface area contributed by atoms with Gasteiger partial charge in [-0.2, -0.15) is 0 Å². The van der Waals surface area contributed by atoms with Gasteiger partial charge in [0, 0.05) is 30.2 Å². The Labute approximate surface area is 189 Å². The van der Waals surface area contributed by atoms with E-state index in [1.54, 1.807) is 18.2 Å². The van der Waals surface area contributed by atoms with Crippen LogP contribution in [0.25, 0.3) is 0 Å². The molecule has 2 amide bonds. The fourth-order valence-electron chi connectivity index (χ4n) is 3.57. The molecule has 4 rings (SSSR count). The highest BCUT2D eigenvalue weighted by Crippen LogP contribution is 2.33. The Balaban J connectivity index is 1.45. The number of amides is 2. The second-order valence-corrected chi connectivity index (χ2v) is 10.3. The van der Waals surface area contributed by atoms with E-state index >= 15 is 0 Å². The van der Waals surface area contributed by atoms with Gasteiger partial charge in [0.25, 0.3) is 11.8 Å². The minimum Gasteiger partial charge on any atom is -0.372 e. The molecule has 8 nitrogen and oxygen atoms in total. The van der Waals surface area contributed by atoms with Crippen LogP contribution in [-0.4, -0.2) is 42.7 Å². The van der Waals surface area contributed by atoms with Crippen LogP contribution < -0.4 is 14.9 Å². The van der Waals surface area contributed by atoms with Gasteiger partial charge in [0.1, 0.15) is 5.82 Å². The van der Waals surface area contributed by atoms with Crippen molar-refractivity contribution in [3.05, 3.63) is 58.9 Å². The maximum absolute atomic E-state index is 13.5.